The Hall–Kier alpha value is -1.65. The number of amidine groups is 1. The second kappa shape index (κ2) is 5.15. The molecule has 0 amide bonds. The summed E-state index contributed by atoms with van der Waals surface area (Å²) < 4.78 is 0. The van der Waals surface area contributed by atoms with Gasteiger partial charge in [0.15, 0.2) is 0 Å². The minimum absolute atomic E-state index is 0.00200. The lowest BCUT2D eigenvalue weighted by Gasteiger charge is -2.39. The van der Waals surface area contributed by atoms with E-state index in [1.165, 1.54) is 6.42 Å². The summed E-state index contributed by atoms with van der Waals surface area (Å²) in [6.45, 7) is 8.48. The van der Waals surface area contributed by atoms with E-state index in [1.807, 2.05) is 6.92 Å². The molecule has 5 nitrogen and oxygen atoms in total. The van der Waals surface area contributed by atoms with Gasteiger partial charge in [-0.25, -0.2) is 9.97 Å². The van der Waals surface area contributed by atoms with E-state index >= 15 is 0 Å². The molecule has 1 aliphatic heterocycles. The molecule has 3 N–H and O–H groups in total. The van der Waals surface area contributed by atoms with Crippen LogP contribution in [0, 0.1) is 17.7 Å². The molecule has 0 aliphatic carbocycles. The molecule has 0 radical (unpaired) electrons. The number of rotatable bonds is 3. The highest BCUT2D eigenvalue weighted by Gasteiger charge is 2.29. The molecule has 1 aliphatic rings. The zero-order valence-electron chi connectivity index (χ0n) is 12.0. The molecule has 0 unspecified atom stereocenters. The number of hydrogen-bond donors (Lipinski definition) is 2. The van der Waals surface area contributed by atoms with Crippen molar-refractivity contribution in [3.63, 3.8) is 0 Å². The molecule has 1 aromatic rings. The van der Waals surface area contributed by atoms with Crippen LogP contribution >= 0.6 is 0 Å². The molecule has 1 aromatic heterocycles. The molecule has 0 atom stereocenters. The molecule has 1 saturated heterocycles. The topological polar surface area (TPSA) is 78.9 Å². The number of nitrogens with zero attached hydrogens (tertiary/aromatic N) is 3. The first-order valence-electron chi connectivity index (χ1n) is 6.88. The van der Waals surface area contributed by atoms with Gasteiger partial charge in [0.25, 0.3) is 0 Å². The lowest BCUT2D eigenvalue weighted by molar-refractivity contribution is 0.237. The van der Waals surface area contributed by atoms with E-state index in [2.05, 4.69) is 28.7 Å². The molecule has 0 aromatic carbocycles. The molecule has 1 fully saturated rings. The number of nitrogens with one attached hydrogen (secondary N) is 1. The zero-order valence-corrected chi connectivity index (χ0v) is 12.0. The molecular formula is C14H23N5. The van der Waals surface area contributed by atoms with Gasteiger partial charge in [-0.1, -0.05) is 20.3 Å². The summed E-state index contributed by atoms with van der Waals surface area (Å²) in [4.78, 5) is 11.1. The van der Waals surface area contributed by atoms with Crippen LogP contribution in [-0.4, -0.2) is 28.9 Å². The second-order valence-electron chi connectivity index (χ2n) is 5.76. The fraction of sp³-hybridized carbons (Fsp3) is 0.643. The molecule has 104 valence electrons. The first-order valence-corrected chi connectivity index (χ1v) is 6.88. The third kappa shape index (κ3) is 3.03. The smallest absolute Gasteiger partial charge is 0.226 e. The van der Waals surface area contributed by atoms with E-state index in [-0.39, 0.29) is 5.84 Å². The van der Waals surface area contributed by atoms with Gasteiger partial charge in [-0.3, -0.25) is 5.41 Å². The number of nitrogens with two attached hydrogens (primary N) is 1. The number of aromatic nitrogens is 2. The first-order chi connectivity index (χ1) is 8.93. The van der Waals surface area contributed by atoms with E-state index in [9.17, 15) is 0 Å². The monoisotopic (exact) mass is 261 g/mol. The Kier molecular flexibility index (Phi) is 3.73. The van der Waals surface area contributed by atoms with Crippen LogP contribution in [0.15, 0.2) is 6.07 Å². The number of nitrogen functional groups attached to an aromatic ring is 1. The lowest BCUT2D eigenvalue weighted by atomic mass is 9.78. The molecule has 0 bridgehead atoms. The molecule has 2 heterocycles. The van der Waals surface area contributed by atoms with Crippen molar-refractivity contribution >= 4 is 11.8 Å². The summed E-state index contributed by atoms with van der Waals surface area (Å²) in [5, 5.41) is 7.50. The van der Waals surface area contributed by atoms with Gasteiger partial charge < -0.3 is 10.6 Å². The Bertz CT molecular complexity index is 475. The van der Waals surface area contributed by atoms with Crippen LogP contribution in [0.1, 0.15) is 44.5 Å². The van der Waals surface area contributed by atoms with Crippen molar-refractivity contribution in [2.24, 2.45) is 11.1 Å². The van der Waals surface area contributed by atoms with E-state index in [0.717, 1.165) is 31.6 Å². The third-order valence-electron chi connectivity index (χ3n) is 4.23. The van der Waals surface area contributed by atoms with Crippen molar-refractivity contribution in [1.82, 2.24) is 9.97 Å². The van der Waals surface area contributed by atoms with Crippen molar-refractivity contribution in [2.45, 2.75) is 40.0 Å². The van der Waals surface area contributed by atoms with Crippen LogP contribution in [0.5, 0.6) is 0 Å². The highest BCUT2D eigenvalue weighted by Crippen LogP contribution is 2.34. The van der Waals surface area contributed by atoms with Gasteiger partial charge in [-0.2, -0.15) is 0 Å². The zero-order chi connectivity index (χ0) is 14.0. The Morgan fingerprint density at radius 1 is 1.42 bits per heavy atom. The SMILES string of the molecule is CCC1(C)CCN(c2nc(C)cc(C(=N)N)n2)CC1. The maximum atomic E-state index is 7.50. The van der Waals surface area contributed by atoms with E-state index in [4.69, 9.17) is 11.1 Å². The van der Waals surface area contributed by atoms with Gasteiger partial charge in [0.1, 0.15) is 11.5 Å². The minimum atomic E-state index is 0.00200. The van der Waals surface area contributed by atoms with Gasteiger partial charge in [0.2, 0.25) is 5.95 Å². The predicted molar refractivity (Wildman–Crippen MR) is 77.6 cm³/mol. The highest BCUT2D eigenvalue weighted by atomic mass is 15.3. The maximum absolute atomic E-state index is 7.50. The summed E-state index contributed by atoms with van der Waals surface area (Å²) in [6.07, 6.45) is 3.54. The molecule has 19 heavy (non-hydrogen) atoms. The van der Waals surface area contributed by atoms with Crippen molar-refractivity contribution < 1.29 is 0 Å². The van der Waals surface area contributed by atoms with Gasteiger partial charge in [0, 0.05) is 18.8 Å². The van der Waals surface area contributed by atoms with Crippen molar-refractivity contribution in [3.8, 4) is 0 Å². The molecular weight excluding hydrogens is 238 g/mol. The van der Waals surface area contributed by atoms with Crippen molar-refractivity contribution in [3.05, 3.63) is 17.5 Å². The van der Waals surface area contributed by atoms with Gasteiger partial charge in [-0.15, -0.1) is 0 Å². The Labute approximate surface area is 114 Å². The Balaban J connectivity index is 2.17. The van der Waals surface area contributed by atoms with Crippen LogP contribution in [0.4, 0.5) is 5.95 Å². The summed E-state index contributed by atoms with van der Waals surface area (Å²) in [6, 6.07) is 1.76. The third-order valence-corrected chi connectivity index (χ3v) is 4.23. The lowest BCUT2D eigenvalue weighted by Crippen LogP contribution is -2.39. The molecule has 0 spiro atoms. The largest absolute Gasteiger partial charge is 0.382 e. The quantitative estimate of drug-likeness (QED) is 0.645. The molecule has 0 saturated carbocycles. The average Bonchev–Trinajstić information content (AvgIpc) is 2.39. The van der Waals surface area contributed by atoms with E-state index < -0.39 is 0 Å². The second-order valence-corrected chi connectivity index (χ2v) is 5.76. The van der Waals surface area contributed by atoms with E-state index in [0.29, 0.717) is 17.1 Å². The van der Waals surface area contributed by atoms with Crippen LogP contribution in [0.3, 0.4) is 0 Å². The van der Waals surface area contributed by atoms with Crippen LogP contribution in [0.25, 0.3) is 0 Å². The van der Waals surface area contributed by atoms with Gasteiger partial charge in [-0.05, 0) is 31.2 Å². The summed E-state index contributed by atoms with van der Waals surface area (Å²) >= 11 is 0. The summed E-state index contributed by atoms with van der Waals surface area (Å²) in [5.41, 5.74) is 7.35. The number of piperidine rings is 1. The number of aryl methyl sites for hydroxylation is 1. The Morgan fingerprint density at radius 3 is 2.58 bits per heavy atom. The number of anilines is 1. The standard InChI is InChI=1S/C14H23N5/c1-4-14(3)5-7-19(8-6-14)13-17-10(2)9-11(18-13)12(15)16/h9H,4-8H2,1-3H3,(H3,15,16). The van der Waals surface area contributed by atoms with Crippen molar-refractivity contribution in [2.75, 3.05) is 18.0 Å². The fourth-order valence-electron chi connectivity index (χ4n) is 2.43. The van der Waals surface area contributed by atoms with Crippen LogP contribution in [0.2, 0.25) is 0 Å². The maximum Gasteiger partial charge on any atom is 0.226 e. The van der Waals surface area contributed by atoms with Gasteiger partial charge in [0.05, 0.1) is 0 Å². The Morgan fingerprint density at radius 2 is 2.05 bits per heavy atom. The molecule has 2 rings (SSSR count). The highest BCUT2D eigenvalue weighted by molar-refractivity contribution is 5.93. The summed E-state index contributed by atoms with van der Waals surface area (Å²) in [5.74, 6) is 0.713. The van der Waals surface area contributed by atoms with Crippen LogP contribution in [-0.2, 0) is 0 Å². The van der Waals surface area contributed by atoms with Crippen LogP contribution < -0.4 is 10.6 Å². The normalized spacial score (nSPS) is 18.4. The van der Waals surface area contributed by atoms with Crippen molar-refractivity contribution in [1.29, 1.82) is 5.41 Å². The fourth-order valence-corrected chi connectivity index (χ4v) is 2.43. The van der Waals surface area contributed by atoms with E-state index in [1.54, 1.807) is 6.07 Å². The summed E-state index contributed by atoms with van der Waals surface area (Å²) in [7, 11) is 0. The predicted octanol–water partition coefficient (Wildman–Crippen LogP) is 2.09. The minimum Gasteiger partial charge on any atom is -0.382 e. The molecule has 5 heteroatoms. The number of hydrogen-bond acceptors (Lipinski definition) is 4. The first kappa shape index (κ1) is 13.8. The van der Waals surface area contributed by atoms with Gasteiger partial charge >= 0.3 is 0 Å². The average molecular weight is 261 g/mol.